The van der Waals surface area contributed by atoms with Crippen LogP contribution in [0.3, 0.4) is 0 Å². The molecule has 0 heterocycles. The summed E-state index contributed by atoms with van der Waals surface area (Å²) in [6.45, 7) is 1.68. The van der Waals surface area contributed by atoms with Crippen molar-refractivity contribution in [2.45, 2.75) is 19.4 Å². The van der Waals surface area contributed by atoms with E-state index in [0.29, 0.717) is 0 Å². The van der Waals surface area contributed by atoms with Gasteiger partial charge in [-0.25, -0.2) is 9.59 Å². The van der Waals surface area contributed by atoms with E-state index in [1.54, 1.807) is 0 Å². The van der Waals surface area contributed by atoms with Gasteiger partial charge in [-0.3, -0.25) is 9.59 Å². The van der Waals surface area contributed by atoms with Gasteiger partial charge in [-0.2, -0.15) is 0 Å². The molecule has 9 heteroatoms. The Labute approximate surface area is 103 Å². The monoisotopic (exact) mass is 260 g/mol. The third-order valence-corrected chi connectivity index (χ3v) is 1.79. The first kappa shape index (κ1) is 15.7. The molecule has 1 unspecified atom stereocenters. The lowest BCUT2D eigenvalue weighted by Gasteiger charge is -2.13. The van der Waals surface area contributed by atoms with Crippen molar-refractivity contribution in [3.8, 4) is 0 Å². The largest absolute Gasteiger partial charge is 0.480 e. The van der Waals surface area contributed by atoms with Gasteiger partial charge >= 0.3 is 12.0 Å². The third-order valence-electron chi connectivity index (χ3n) is 1.79. The standard InChI is InChI=1S/C9H16N4O5/c1-5(14)11-2-3-12-9(18)13-6(8(16)17)4-7(10)15/h6H,2-4H2,1H3,(H2,10,15)(H,11,14)(H,16,17)(H2,12,13,18). The Morgan fingerprint density at radius 3 is 2.17 bits per heavy atom. The van der Waals surface area contributed by atoms with Crippen LogP contribution in [0.15, 0.2) is 0 Å². The molecule has 0 radical (unpaired) electrons. The van der Waals surface area contributed by atoms with E-state index < -0.39 is 30.4 Å². The second-order valence-corrected chi connectivity index (χ2v) is 3.44. The van der Waals surface area contributed by atoms with Crippen LogP contribution in [-0.4, -0.2) is 48.1 Å². The lowest BCUT2D eigenvalue weighted by Crippen LogP contribution is -2.48. The average Bonchev–Trinajstić information content (AvgIpc) is 2.22. The Hall–Kier alpha value is -2.32. The van der Waals surface area contributed by atoms with Crippen LogP contribution >= 0.6 is 0 Å². The van der Waals surface area contributed by atoms with Crippen molar-refractivity contribution in [3.05, 3.63) is 0 Å². The first-order chi connectivity index (χ1) is 8.32. The Kier molecular flexibility index (Phi) is 6.86. The number of nitrogens with two attached hydrogens (primary N) is 1. The first-order valence-electron chi connectivity index (χ1n) is 5.13. The van der Waals surface area contributed by atoms with Gasteiger partial charge in [0.25, 0.3) is 0 Å². The quantitative estimate of drug-likeness (QED) is 0.327. The van der Waals surface area contributed by atoms with Crippen LogP contribution in [0.25, 0.3) is 0 Å². The molecule has 0 saturated heterocycles. The normalized spacial score (nSPS) is 11.2. The van der Waals surface area contributed by atoms with Gasteiger partial charge in [0.2, 0.25) is 11.8 Å². The highest BCUT2D eigenvalue weighted by Gasteiger charge is 2.21. The van der Waals surface area contributed by atoms with Crippen LogP contribution in [0.5, 0.6) is 0 Å². The van der Waals surface area contributed by atoms with E-state index in [2.05, 4.69) is 16.0 Å². The zero-order valence-electron chi connectivity index (χ0n) is 9.86. The SMILES string of the molecule is CC(=O)NCCNC(=O)NC(CC(N)=O)C(=O)O. The molecule has 0 aliphatic heterocycles. The fourth-order valence-electron chi connectivity index (χ4n) is 1.03. The number of carboxylic acids is 1. The number of carboxylic acid groups (broad SMARTS) is 1. The fourth-order valence-corrected chi connectivity index (χ4v) is 1.03. The molecule has 1 atom stereocenters. The number of primary amides is 1. The van der Waals surface area contributed by atoms with Crippen molar-refractivity contribution in [2.24, 2.45) is 5.73 Å². The van der Waals surface area contributed by atoms with E-state index >= 15 is 0 Å². The number of urea groups is 1. The highest BCUT2D eigenvalue weighted by molar-refractivity contribution is 5.87. The molecule has 0 spiro atoms. The second kappa shape index (κ2) is 7.87. The summed E-state index contributed by atoms with van der Waals surface area (Å²) in [5.41, 5.74) is 4.84. The van der Waals surface area contributed by atoms with Crippen LogP contribution in [0.2, 0.25) is 0 Å². The van der Waals surface area contributed by atoms with E-state index in [4.69, 9.17) is 10.8 Å². The van der Waals surface area contributed by atoms with Crippen LogP contribution in [0.4, 0.5) is 4.79 Å². The maximum atomic E-state index is 11.2. The number of hydrogen-bond donors (Lipinski definition) is 5. The number of hydrogen-bond acceptors (Lipinski definition) is 4. The van der Waals surface area contributed by atoms with Crippen LogP contribution in [0, 0.1) is 0 Å². The predicted octanol–water partition coefficient (Wildman–Crippen LogP) is -2.25. The lowest BCUT2D eigenvalue weighted by molar-refractivity contribution is -0.140. The number of amides is 4. The summed E-state index contributed by atoms with van der Waals surface area (Å²) in [6.07, 6.45) is -0.492. The molecule has 0 aromatic heterocycles. The smallest absolute Gasteiger partial charge is 0.326 e. The molecule has 6 N–H and O–H groups in total. The number of aliphatic carboxylic acids is 1. The van der Waals surface area contributed by atoms with E-state index in [9.17, 15) is 19.2 Å². The number of nitrogens with one attached hydrogen (secondary N) is 3. The minimum atomic E-state index is -1.37. The van der Waals surface area contributed by atoms with Crippen LogP contribution < -0.4 is 21.7 Å². The molecule has 4 amide bonds. The zero-order valence-corrected chi connectivity index (χ0v) is 9.86. The molecule has 0 saturated carbocycles. The van der Waals surface area contributed by atoms with Crippen molar-refractivity contribution >= 4 is 23.8 Å². The Morgan fingerprint density at radius 1 is 1.17 bits per heavy atom. The van der Waals surface area contributed by atoms with Crippen molar-refractivity contribution in [3.63, 3.8) is 0 Å². The van der Waals surface area contributed by atoms with E-state index in [1.165, 1.54) is 6.92 Å². The fraction of sp³-hybridized carbons (Fsp3) is 0.556. The number of carbonyl (C=O) groups excluding carboxylic acids is 3. The van der Waals surface area contributed by atoms with Crippen molar-refractivity contribution in [1.82, 2.24) is 16.0 Å². The van der Waals surface area contributed by atoms with Gasteiger partial charge < -0.3 is 26.8 Å². The second-order valence-electron chi connectivity index (χ2n) is 3.44. The van der Waals surface area contributed by atoms with Crippen molar-refractivity contribution < 1.29 is 24.3 Å². The minimum Gasteiger partial charge on any atom is -0.480 e. The van der Waals surface area contributed by atoms with Gasteiger partial charge in [0.05, 0.1) is 6.42 Å². The summed E-state index contributed by atoms with van der Waals surface area (Å²) < 4.78 is 0. The van der Waals surface area contributed by atoms with Gasteiger partial charge in [0, 0.05) is 20.0 Å². The average molecular weight is 260 g/mol. The summed E-state index contributed by atoms with van der Waals surface area (Å²) in [4.78, 5) is 43.0. The Morgan fingerprint density at radius 2 is 1.72 bits per heavy atom. The molecule has 0 aliphatic rings. The summed E-state index contributed by atoms with van der Waals surface area (Å²) in [5.74, 6) is -2.43. The lowest BCUT2D eigenvalue weighted by atomic mass is 10.2. The Balaban J connectivity index is 3.99. The molecule has 102 valence electrons. The van der Waals surface area contributed by atoms with Crippen LogP contribution in [0.1, 0.15) is 13.3 Å². The molecule has 18 heavy (non-hydrogen) atoms. The molecule has 0 rings (SSSR count). The van der Waals surface area contributed by atoms with Crippen molar-refractivity contribution in [2.75, 3.05) is 13.1 Å². The molecular formula is C9H16N4O5. The first-order valence-corrected chi connectivity index (χ1v) is 5.13. The van der Waals surface area contributed by atoms with Gasteiger partial charge in [0.1, 0.15) is 6.04 Å². The van der Waals surface area contributed by atoms with Gasteiger partial charge in [-0.05, 0) is 0 Å². The van der Waals surface area contributed by atoms with Crippen molar-refractivity contribution in [1.29, 1.82) is 0 Å². The number of rotatable bonds is 7. The molecular weight excluding hydrogens is 244 g/mol. The molecule has 0 aliphatic carbocycles. The predicted molar refractivity (Wildman–Crippen MR) is 60.5 cm³/mol. The molecule has 0 aromatic carbocycles. The number of carbonyl (C=O) groups is 4. The van der Waals surface area contributed by atoms with Gasteiger partial charge in [-0.15, -0.1) is 0 Å². The molecule has 0 fully saturated rings. The minimum absolute atomic E-state index is 0.133. The van der Waals surface area contributed by atoms with E-state index in [0.717, 1.165) is 0 Å². The molecule has 9 nitrogen and oxygen atoms in total. The summed E-state index contributed by atoms with van der Waals surface area (Å²) in [7, 11) is 0. The maximum Gasteiger partial charge on any atom is 0.326 e. The van der Waals surface area contributed by atoms with Gasteiger partial charge in [-0.1, -0.05) is 0 Å². The van der Waals surface area contributed by atoms with Crippen LogP contribution in [-0.2, 0) is 14.4 Å². The topological polar surface area (TPSA) is 151 Å². The highest BCUT2D eigenvalue weighted by Crippen LogP contribution is 1.91. The Bertz CT molecular complexity index is 344. The highest BCUT2D eigenvalue weighted by atomic mass is 16.4. The summed E-state index contributed by atoms with van der Waals surface area (Å²) in [5, 5.41) is 15.5. The van der Waals surface area contributed by atoms with Gasteiger partial charge in [0.15, 0.2) is 0 Å². The molecule has 0 aromatic rings. The summed E-state index contributed by atoms with van der Waals surface area (Å²) >= 11 is 0. The van der Waals surface area contributed by atoms with E-state index in [1.807, 2.05) is 0 Å². The third kappa shape index (κ3) is 7.91. The van der Waals surface area contributed by atoms with E-state index in [-0.39, 0.29) is 19.0 Å². The maximum absolute atomic E-state index is 11.2. The summed E-state index contributed by atoms with van der Waals surface area (Å²) in [6, 6.07) is -2.13. The molecule has 0 bridgehead atoms. The zero-order chi connectivity index (χ0) is 14.1.